The van der Waals surface area contributed by atoms with Crippen LogP contribution >= 0.6 is 0 Å². The maximum absolute atomic E-state index is 10.1. The van der Waals surface area contributed by atoms with Crippen LogP contribution in [0.2, 0.25) is 0 Å². The number of aliphatic hydroxyl groups excluding tert-OH is 1. The van der Waals surface area contributed by atoms with Crippen molar-refractivity contribution in [3.63, 3.8) is 0 Å². The Labute approximate surface area is 120 Å². The molecule has 106 valence electrons. The van der Waals surface area contributed by atoms with Crippen LogP contribution in [0.1, 0.15) is 36.8 Å². The van der Waals surface area contributed by atoms with Crippen LogP contribution in [0.25, 0.3) is 0 Å². The average Bonchev–Trinajstić information content (AvgIpc) is 2.53. The second-order valence-corrected chi connectivity index (χ2v) is 4.77. The van der Waals surface area contributed by atoms with Gasteiger partial charge in [-0.15, -0.1) is 0 Å². The van der Waals surface area contributed by atoms with Crippen molar-refractivity contribution in [2.75, 3.05) is 6.61 Å². The van der Waals surface area contributed by atoms with Crippen molar-refractivity contribution in [3.05, 3.63) is 59.4 Å². The van der Waals surface area contributed by atoms with Crippen molar-refractivity contribution in [1.82, 2.24) is 4.98 Å². The summed E-state index contributed by atoms with van der Waals surface area (Å²) in [5.41, 5.74) is 3.08. The van der Waals surface area contributed by atoms with E-state index in [0.29, 0.717) is 5.69 Å². The minimum Gasteiger partial charge on any atom is -0.490 e. The van der Waals surface area contributed by atoms with Crippen molar-refractivity contribution in [2.45, 2.75) is 32.8 Å². The summed E-state index contributed by atoms with van der Waals surface area (Å²) < 4.78 is 5.59. The maximum atomic E-state index is 10.1. The molecule has 20 heavy (non-hydrogen) atoms. The largest absolute Gasteiger partial charge is 0.490 e. The Morgan fingerprint density at radius 3 is 2.20 bits per heavy atom. The highest BCUT2D eigenvalue weighted by atomic mass is 16.5. The van der Waals surface area contributed by atoms with Crippen LogP contribution in [0.3, 0.4) is 0 Å². The summed E-state index contributed by atoms with van der Waals surface area (Å²) in [5, 5.41) is 10.1. The quantitative estimate of drug-likeness (QED) is 0.876. The molecule has 0 bridgehead atoms. The molecule has 3 nitrogen and oxygen atoms in total. The summed E-state index contributed by atoms with van der Waals surface area (Å²) >= 11 is 0. The molecule has 1 atom stereocenters. The molecule has 0 unspecified atom stereocenters. The second kappa shape index (κ2) is 7.06. The van der Waals surface area contributed by atoms with Gasteiger partial charge in [0.05, 0.1) is 5.69 Å². The molecule has 0 aliphatic carbocycles. The summed E-state index contributed by atoms with van der Waals surface area (Å²) in [6, 6.07) is 11.8. The van der Waals surface area contributed by atoms with E-state index in [4.69, 9.17) is 4.74 Å². The molecule has 3 heteroatoms. The third-order valence-electron chi connectivity index (χ3n) is 3.34. The van der Waals surface area contributed by atoms with Crippen LogP contribution in [0.4, 0.5) is 0 Å². The van der Waals surface area contributed by atoms with E-state index in [-0.39, 0.29) is 6.61 Å². The molecule has 1 N–H and O–H groups in total. The van der Waals surface area contributed by atoms with Gasteiger partial charge in [0, 0.05) is 6.20 Å². The third kappa shape index (κ3) is 3.81. The first-order valence-electron chi connectivity index (χ1n) is 7.07. The third-order valence-corrected chi connectivity index (χ3v) is 3.34. The highest BCUT2D eigenvalue weighted by Gasteiger charge is 2.09. The van der Waals surface area contributed by atoms with Crippen LogP contribution in [0.15, 0.2) is 42.6 Å². The molecule has 1 heterocycles. The van der Waals surface area contributed by atoms with Crippen molar-refractivity contribution in [2.24, 2.45) is 0 Å². The number of aryl methyl sites for hydroxylation is 2. The Morgan fingerprint density at radius 2 is 1.65 bits per heavy atom. The molecule has 0 aliphatic rings. The lowest BCUT2D eigenvalue weighted by Crippen LogP contribution is -2.11. The highest BCUT2D eigenvalue weighted by Crippen LogP contribution is 2.16. The molecule has 1 aromatic carbocycles. The van der Waals surface area contributed by atoms with Gasteiger partial charge in [0.2, 0.25) is 0 Å². The van der Waals surface area contributed by atoms with Gasteiger partial charge in [0.15, 0.2) is 0 Å². The fraction of sp³-hybridized carbons (Fsp3) is 0.353. The number of rotatable bonds is 6. The SMILES string of the molecule is CCc1ccc(OC[C@H](O)c2ccc(CC)cn2)cc1. The number of benzene rings is 1. The van der Waals surface area contributed by atoms with E-state index in [1.54, 1.807) is 6.20 Å². The monoisotopic (exact) mass is 271 g/mol. The van der Waals surface area contributed by atoms with Crippen LogP contribution in [-0.4, -0.2) is 16.7 Å². The van der Waals surface area contributed by atoms with Crippen LogP contribution in [-0.2, 0) is 12.8 Å². The molecular weight excluding hydrogens is 250 g/mol. The van der Waals surface area contributed by atoms with Gasteiger partial charge < -0.3 is 9.84 Å². The topological polar surface area (TPSA) is 42.4 Å². The predicted molar refractivity (Wildman–Crippen MR) is 79.9 cm³/mol. The zero-order valence-corrected chi connectivity index (χ0v) is 12.0. The summed E-state index contributed by atoms with van der Waals surface area (Å²) in [7, 11) is 0. The Hall–Kier alpha value is -1.87. The minimum atomic E-state index is -0.702. The number of pyridine rings is 1. The minimum absolute atomic E-state index is 0.212. The van der Waals surface area contributed by atoms with Crippen LogP contribution in [0.5, 0.6) is 5.75 Å². The van der Waals surface area contributed by atoms with Gasteiger partial charge in [0.25, 0.3) is 0 Å². The van der Waals surface area contributed by atoms with Crippen molar-refractivity contribution >= 4 is 0 Å². The number of ether oxygens (including phenoxy) is 1. The summed E-state index contributed by atoms with van der Waals surface area (Å²) in [6.45, 7) is 4.41. The van der Waals surface area contributed by atoms with E-state index in [0.717, 1.165) is 24.2 Å². The molecule has 0 saturated carbocycles. The number of hydrogen-bond acceptors (Lipinski definition) is 3. The lowest BCUT2D eigenvalue weighted by Gasteiger charge is -2.12. The molecule has 1 aromatic heterocycles. The van der Waals surface area contributed by atoms with Crippen LogP contribution in [0, 0.1) is 0 Å². The molecule has 0 aliphatic heterocycles. The van der Waals surface area contributed by atoms with Crippen LogP contribution < -0.4 is 4.74 Å². The predicted octanol–water partition coefficient (Wildman–Crippen LogP) is 3.32. The van der Waals surface area contributed by atoms with Crippen molar-refractivity contribution in [3.8, 4) is 5.75 Å². The average molecular weight is 271 g/mol. The van der Waals surface area contributed by atoms with Crippen molar-refractivity contribution < 1.29 is 9.84 Å². The van der Waals surface area contributed by atoms with E-state index >= 15 is 0 Å². The molecule has 0 fully saturated rings. The van der Waals surface area contributed by atoms with Gasteiger partial charge in [-0.1, -0.05) is 32.0 Å². The smallest absolute Gasteiger partial charge is 0.130 e. The lowest BCUT2D eigenvalue weighted by molar-refractivity contribution is 0.104. The zero-order valence-electron chi connectivity index (χ0n) is 12.0. The Balaban J connectivity index is 1.91. The normalized spacial score (nSPS) is 12.2. The van der Waals surface area contributed by atoms with Gasteiger partial charge in [-0.2, -0.15) is 0 Å². The second-order valence-electron chi connectivity index (χ2n) is 4.77. The standard InChI is InChI=1S/C17H21NO2/c1-3-13-5-8-15(9-6-13)20-12-17(19)16-10-7-14(4-2)11-18-16/h5-11,17,19H,3-4,12H2,1-2H3/t17-/m0/s1. The summed E-state index contributed by atoms with van der Waals surface area (Å²) in [4.78, 5) is 4.26. The Kier molecular flexibility index (Phi) is 5.13. The van der Waals surface area contributed by atoms with Gasteiger partial charge >= 0.3 is 0 Å². The number of aliphatic hydroxyl groups is 1. The first kappa shape index (κ1) is 14.5. The number of aromatic nitrogens is 1. The van der Waals surface area contributed by atoms with E-state index in [2.05, 4.69) is 18.8 Å². The van der Waals surface area contributed by atoms with Crippen molar-refractivity contribution in [1.29, 1.82) is 0 Å². The highest BCUT2D eigenvalue weighted by molar-refractivity contribution is 5.27. The molecular formula is C17H21NO2. The van der Waals surface area contributed by atoms with E-state index < -0.39 is 6.10 Å². The number of hydrogen-bond donors (Lipinski definition) is 1. The molecule has 0 amide bonds. The zero-order chi connectivity index (χ0) is 14.4. The first-order chi connectivity index (χ1) is 9.72. The van der Waals surface area contributed by atoms with Gasteiger partial charge in [-0.25, -0.2) is 0 Å². The Morgan fingerprint density at radius 1 is 1.00 bits per heavy atom. The van der Waals surface area contributed by atoms with E-state index in [1.807, 2.05) is 36.4 Å². The fourth-order valence-corrected chi connectivity index (χ4v) is 1.92. The first-order valence-corrected chi connectivity index (χ1v) is 7.07. The molecule has 0 radical (unpaired) electrons. The molecule has 0 saturated heterocycles. The molecule has 2 aromatic rings. The summed E-state index contributed by atoms with van der Waals surface area (Å²) in [6.07, 6.45) is 3.06. The Bertz CT molecular complexity index is 520. The fourth-order valence-electron chi connectivity index (χ4n) is 1.92. The van der Waals surface area contributed by atoms with Gasteiger partial charge in [-0.3, -0.25) is 4.98 Å². The lowest BCUT2D eigenvalue weighted by atomic mass is 10.1. The summed E-state index contributed by atoms with van der Waals surface area (Å²) in [5.74, 6) is 0.770. The van der Waals surface area contributed by atoms with E-state index in [9.17, 15) is 5.11 Å². The van der Waals surface area contributed by atoms with E-state index in [1.165, 1.54) is 5.56 Å². The number of nitrogens with zero attached hydrogens (tertiary/aromatic N) is 1. The molecule has 0 spiro atoms. The molecule has 2 rings (SSSR count). The van der Waals surface area contributed by atoms with Gasteiger partial charge in [0.1, 0.15) is 18.5 Å². The maximum Gasteiger partial charge on any atom is 0.130 e. The van der Waals surface area contributed by atoms with Gasteiger partial charge in [-0.05, 0) is 42.2 Å².